The molecule has 0 unspecified atom stereocenters. The van der Waals surface area contributed by atoms with Crippen LogP contribution in [-0.4, -0.2) is 26.9 Å². The van der Waals surface area contributed by atoms with Gasteiger partial charge in [0.05, 0.1) is 10.8 Å². The first-order valence-electron chi connectivity index (χ1n) is 9.29. The molecule has 9 nitrogen and oxygen atoms in total. The largest absolute Gasteiger partial charge is 0.455 e. The van der Waals surface area contributed by atoms with Crippen molar-refractivity contribution in [1.82, 2.24) is 10.2 Å². The first kappa shape index (κ1) is 18.3. The molecule has 0 N–H and O–H groups in total. The van der Waals surface area contributed by atoms with Gasteiger partial charge in [-0.15, -0.1) is 10.2 Å². The smallest absolute Gasteiger partial charge is 0.309 e. The molecule has 9 heteroatoms. The maximum atomic E-state index is 12.4. The lowest BCUT2D eigenvalue weighted by molar-refractivity contribution is -0.384. The van der Waals surface area contributed by atoms with Crippen molar-refractivity contribution in [2.45, 2.75) is 38.7 Å². The monoisotopic (exact) mass is 385 g/mol. The number of non-ortho nitro benzene ring substituents is 1. The summed E-state index contributed by atoms with van der Waals surface area (Å²) in [6.45, 7) is -0.140. The number of fused-ring (bicyclic) bond motifs is 2. The molecule has 2 aliphatic carbocycles. The summed E-state index contributed by atoms with van der Waals surface area (Å²) in [6, 6.07) is 5.72. The molecule has 2 saturated carbocycles. The Bertz CT molecular complexity index is 891. The molecule has 146 valence electrons. The lowest BCUT2D eigenvalue weighted by atomic mass is 9.67. The number of aromatic nitrogens is 2. The summed E-state index contributed by atoms with van der Waals surface area (Å²) in [6.07, 6.45) is 3.90. The van der Waals surface area contributed by atoms with Crippen molar-refractivity contribution in [3.63, 3.8) is 0 Å². The Hall–Kier alpha value is -3.10. The van der Waals surface area contributed by atoms with Gasteiger partial charge in [0.1, 0.15) is 5.78 Å². The molecule has 2 atom stereocenters. The van der Waals surface area contributed by atoms with Crippen LogP contribution in [0.25, 0.3) is 11.5 Å². The summed E-state index contributed by atoms with van der Waals surface area (Å²) in [4.78, 5) is 34.7. The van der Waals surface area contributed by atoms with Crippen LogP contribution in [0.5, 0.6) is 0 Å². The van der Waals surface area contributed by atoms with Crippen molar-refractivity contribution in [3.8, 4) is 11.5 Å². The normalized spacial score (nSPS) is 24.0. The predicted octanol–water partition coefficient (Wildman–Crippen LogP) is 3.08. The Labute approximate surface area is 160 Å². The summed E-state index contributed by atoms with van der Waals surface area (Å²) < 4.78 is 10.8. The first-order chi connectivity index (χ1) is 13.5. The molecule has 1 aromatic carbocycles. The van der Waals surface area contributed by atoms with Gasteiger partial charge in [-0.1, -0.05) is 6.42 Å². The van der Waals surface area contributed by atoms with Gasteiger partial charge in [0.25, 0.3) is 11.6 Å². The molecule has 1 aromatic heterocycles. The number of nitro benzene ring substituents is 1. The van der Waals surface area contributed by atoms with Crippen LogP contribution in [0.2, 0.25) is 0 Å². The summed E-state index contributed by atoms with van der Waals surface area (Å²) in [5.74, 6) is 0.0291. The first-order valence-corrected chi connectivity index (χ1v) is 9.29. The molecule has 2 aromatic rings. The van der Waals surface area contributed by atoms with Gasteiger partial charge in [0, 0.05) is 29.5 Å². The van der Waals surface area contributed by atoms with Crippen LogP contribution in [-0.2, 0) is 20.9 Å². The van der Waals surface area contributed by atoms with Crippen molar-refractivity contribution in [2.24, 2.45) is 17.8 Å². The van der Waals surface area contributed by atoms with Gasteiger partial charge < -0.3 is 9.15 Å². The van der Waals surface area contributed by atoms with Crippen LogP contribution in [0, 0.1) is 27.9 Å². The second-order valence-corrected chi connectivity index (χ2v) is 7.31. The van der Waals surface area contributed by atoms with E-state index in [4.69, 9.17) is 9.15 Å². The number of nitrogens with zero attached hydrogens (tertiary/aromatic N) is 3. The number of ketones is 1. The van der Waals surface area contributed by atoms with Gasteiger partial charge >= 0.3 is 5.97 Å². The van der Waals surface area contributed by atoms with Crippen LogP contribution in [0.15, 0.2) is 28.7 Å². The van der Waals surface area contributed by atoms with Gasteiger partial charge in [-0.05, 0) is 37.8 Å². The second kappa shape index (κ2) is 7.49. The minimum Gasteiger partial charge on any atom is -0.455 e. The van der Waals surface area contributed by atoms with E-state index in [9.17, 15) is 19.7 Å². The maximum absolute atomic E-state index is 12.4. The van der Waals surface area contributed by atoms with Crippen LogP contribution in [0.1, 0.15) is 38.0 Å². The average Bonchev–Trinajstić information content (AvgIpc) is 3.15. The van der Waals surface area contributed by atoms with E-state index in [0.717, 1.165) is 19.3 Å². The molecule has 2 aliphatic rings. The zero-order valence-corrected chi connectivity index (χ0v) is 15.1. The molecular weight excluding hydrogens is 366 g/mol. The number of carbonyl (C=O) groups is 2. The topological polar surface area (TPSA) is 125 Å². The van der Waals surface area contributed by atoms with Crippen LogP contribution < -0.4 is 0 Å². The molecule has 0 radical (unpaired) electrons. The molecule has 0 aliphatic heterocycles. The SMILES string of the molecule is O=C(OCc1nnc(-c2ccc([N+](=O)[O-])cc2)o1)C1C[C@H]2CCC[C@H](C1)C2=O. The van der Waals surface area contributed by atoms with Crippen LogP contribution in [0.4, 0.5) is 5.69 Å². The number of hydrogen-bond acceptors (Lipinski definition) is 8. The summed E-state index contributed by atoms with van der Waals surface area (Å²) in [5.41, 5.74) is 0.502. The third kappa shape index (κ3) is 3.64. The van der Waals surface area contributed by atoms with E-state index in [1.54, 1.807) is 0 Å². The minimum atomic E-state index is -0.491. The van der Waals surface area contributed by atoms with E-state index in [1.165, 1.54) is 24.3 Å². The molecule has 0 saturated heterocycles. The molecule has 0 amide bonds. The lowest BCUT2D eigenvalue weighted by Crippen LogP contribution is -2.39. The number of ether oxygens (including phenoxy) is 1. The summed E-state index contributed by atoms with van der Waals surface area (Å²) in [7, 11) is 0. The molecule has 2 bridgehead atoms. The molecule has 28 heavy (non-hydrogen) atoms. The Kier molecular flexibility index (Phi) is 4.89. The van der Waals surface area contributed by atoms with Crippen molar-refractivity contribution in [1.29, 1.82) is 0 Å². The van der Waals surface area contributed by atoms with Gasteiger partial charge in [0.15, 0.2) is 6.61 Å². The Balaban J connectivity index is 1.35. The second-order valence-electron chi connectivity index (χ2n) is 7.31. The number of Topliss-reactive ketones (excluding diaryl/α,β-unsaturated/α-hetero) is 1. The van der Waals surface area contributed by atoms with E-state index < -0.39 is 4.92 Å². The van der Waals surface area contributed by atoms with Crippen molar-refractivity contribution >= 4 is 17.4 Å². The third-order valence-electron chi connectivity index (χ3n) is 5.51. The van der Waals surface area contributed by atoms with E-state index >= 15 is 0 Å². The number of rotatable bonds is 5. The molecular formula is C19H19N3O6. The van der Waals surface area contributed by atoms with Crippen LogP contribution in [0.3, 0.4) is 0 Å². The predicted molar refractivity (Wildman–Crippen MR) is 94.7 cm³/mol. The molecule has 2 fully saturated rings. The highest BCUT2D eigenvalue weighted by Crippen LogP contribution is 2.40. The molecule has 1 heterocycles. The third-order valence-corrected chi connectivity index (χ3v) is 5.51. The van der Waals surface area contributed by atoms with Gasteiger partial charge in [-0.2, -0.15) is 0 Å². The number of nitro groups is 1. The van der Waals surface area contributed by atoms with Gasteiger partial charge in [0.2, 0.25) is 5.89 Å². The molecule has 4 rings (SSSR count). The van der Waals surface area contributed by atoms with Crippen molar-refractivity contribution in [3.05, 3.63) is 40.3 Å². The highest BCUT2D eigenvalue weighted by Gasteiger charge is 2.41. The molecule has 0 spiro atoms. The average molecular weight is 385 g/mol. The highest BCUT2D eigenvalue weighted by atomic mass is 16.6. The number of carbonyl (C=O) groups excluding carboxylic acids is 2. The number of hydrogen-bond donors (Lipinski definition) is 0. The van der Waals surface area contributed by atoms with Gasteiger partial charge in [-0.25, -0.2) is 0 Å². The Morgan fingerprint density at radius 1 is 1.18 bits per heavy atom. The van der Waals surface area contributed by atoms with Gasteiger partial charge in [-0.3, -0.25) is 19.7 Å². The fraction of sp³-hybridized carbons (Fsp3) is 0.474. The standard InChI is InChI=1S/C19H19N3O6/c23-17-12-2-1-3-13(17)9-14(8-12)19(24)27-10-16-20-21-18(28-16)11-4-6-15(7-5-11)22(25)26/h4-7,12-14H,1-3,8-10H2/t12-,13-/m1/s1. The zero-order valence-electron chi connectivity index (χ0n) is 15.1. The number of benzene rings is 1. The maximum Gasteiger partial charge on any atom is 0.309 e. The van der Waals surface area contributed by atoms with E-state index in [-0.39, 0.29) is 47.8 Å². The van der Waals surface area contributed by atoms with Crippen LogP contribution >= 0.6 is 0 Å². The summed E-state index contributed by atoms with van der Waals surface area (Å²) in [5, 5.41) is 18.4. The minimum absolute atomic E-state index is 0.0119. The summed E-state index contributed by atoms with van der Waals surface area (Å²) >= 11 is 0. The van der Waals surface area contributed by atoms with Crippen molar-refractivity contribution in [2.75, 3.05) is 0 Å². The van der Waals surface area contributed by atoms with E-state index in [1.807, 2.05) is 0 Å². The fourth-order valence-electron chi connectivity index (χ4n) is 4.08. The highest BCUT2D eigenvalue weighted by molar-refractivity contribution is 5.87. The lowest BCUT2D eigenvalue weighted by Gasteiger charge is -2.36. The van der Waals surface area contributed by atoms with E-state index in [0.29, 0.717) is 24.2 Å². The Morgan fingerprint density at radius 3 is 2.50 bits per heavy atom. The Morgan fingerprint density at radius 2 is 1.86 bits per heavy atom. The van der Waals surface area contributed by atoms with Crippen molar-refractivity contribution < 1.29 is 23.7 Å². The quantitative estimate of drug-likeness (QED) is 0.437. The van der Waals surface area contributed by atoms with E-state index in [2.05, 4.69) is 10.2 Å². The number of esters is 1. The zero-order chi connectivity index (χ0) is 19.7. The fourth-order valence-corrected chi connectivity index (χ4v) is 4.08.